The standard InChI is InChI=1S/C13H21NO3S/c1-10(2)18(15,16)9-8-17-13-6-4-12(5-7-13)11(3)14/h4-7,10-11H,8-9,14H2,1-3H3/t11-/m1/s1. The first kappa shape index (κ1) is 15.0. The summed E-state index contributed by atoms with van der Waals surface area (Å²) >= 11 is 0. The first-order valence-electron chi connectivity index (χ1n) is 6.03. The zero-order chi connectivity index (χ0) is 13.8. The molecule has 0 fully saturated rings. The summed E-state index contributed by atoms with van der Waals surface area (Å²) in [5.41, 5.74) is 6.76. The lowest BCUT2D eigenvalue weighted by Crippen LogP contribution is -2.22. The highest BCUT2D eigenvalue weighted by Gasteiger charge is 2.15. The first-order chi connectivity index (χ1) is 8.33. The minimum Gasteiger partial charge on any atom is -0.493 e. The molecule has 1 rings (SSSR count). The summed E-state index contributed by atoms with van der Waals surface area (Å²) in [6, 6.07) is 7.37. The quantitative estimate of drug-likeness (QED) is 0.858. The molecule has 5 heteroatoms. The average molecular weight is 271 g/mol. The van der Waals surface area contributed by atoms with Gasteiger partial charge in [0, 0.05) is 6.04 Å². The van der Waals surface area contributed by atoms with Crippen molar-refractivity contribution in [1.82, 2.24) is 0 Å². The second kappa shape index (κ2) is 6.20. The van der Waals surface area contributed by atoms with Crippen molar-refractivity contribution in [3.05, 3.63) is 29.8 Å². The van der Waals surface area contributed by atoms with Crippen molar-refractivity contribution >= 4 is 9.84 Å². The smallest absolute Gasteiger partial charge is 0.155 e. The van der Waals surface area contributed by atoms with Crippen LogP contribution in [0, 0.1) is 0 Å². The van der Waals surface area contributed by atoms with Gasteiger partial charge in [0.2, 0.25) is 0 Å². The summed E-state index contributed by atoms with van der Waals surface area (Å²) in [6.07, 6.45) is 0. The van der Waals surface area contributed by atoms with E-state index in [2.05, 4.69) is 0 Å². The van der Waals surface area contributed by atoms with E-state index in [1.54, 1.807) is 26.0 Å². The Morgan fingerprint density at radius 2 is 1.72 bits per heavy atom. The summed E-state index contributed by atoms with van der Waals surface area (Å²) in [5.74, 6) is 0.707. The summed E-state index contributed by atoms with van der Waals surface area (Å²) in [6.45, 7) is 5.43. The number of hydrogen-bond acceptors (Lipinski definition) is 4. The summed E-state index contributed by atoms with van der Waals surface area (Å²) in [4.78, 5) is 0. The van der Waals surface area contributed by atoms with Gasteiger partial charge in [-0.3, -0.25) is 0 Å². The lowest BCUT2D eigenvalue weighted by atomic mass is 10.1. The van der Waals surface area contributed by atoms with Crippen LogP contribution < -0.4 is 10.5 Å². The molecule has 1 aromatic rings. The minimum atomic E-state index is -3.03. The Morgan fingerprint density at radius 1 is 1.17 bits per heavy atom. The molecular weight excluding hydrogens is 250 g/mol. The van der Waals surface area contributed by atoms with Crippen LogP contribution in [0.2, 0.25) is 0 Å². The molecule has 18 heavy (non-hydrogen) atoms. The molecule has 0 radical (unpaired) electrons. The van der Waals surface area contributed by atoms with Gasteiger partial charge in [-0.15, -0.1) is 0 Å². The predicted octanol–water partition coefficient (Wildman–Crippen LogP) is 1.91. The Hall–Kier alpha value is -1.07. The van der Waals surface area contributed by atoms with E-state index in [1.165, 1.54) is 0 Å². The Bertz CT molecular complexity index is 464. The van der Waals surface area contributed by atoms with E-state index in [4.69, 9.17) is 10.5 Å². The molecular formula is C13H21NO3S. The first-order valence-corrected chi connectivity index (χ1v) is 7.74. The van der Waals surface area contributed by atoms with Gasteiger partial charge in [-0.2, -0.15) is 0 Å². The number of rotatable bonds is 6. The Morgan fingerprint density at radius 3 is 2.17 bits per heavy atom. The van der Waals surface area contributed by atoms with E-state index in [0.29, 0.717) is 5.75 Å². The van der Waals surface area contributed by atoms with Crippen LogP contribution >= 0.6 is 0 Å². The number of sulfone groups is 1. The van der Waals surface area contributed by atoms with Gasteiger partial charge in [0.1, 0.15) is 12.4 Å². The monoisotopic (exact) mass is 271 g/mol. The maximum absolute atomic E-state index is 11.6. The van der Waals surface area contributed by atoms with Gasteiger partial charge in [0.05, 0.1) is 11.0 Å². The summed E-state index contributed by atoms with van der Waals surface area (Å²) in [5, 5.41) is -0.360. The van der Waals surface area contributed by atoms with Crippen molar-refractivity contribution in [1.29, 1.82) is 0 Å². The fourth-order valence-corrected chi connectivity index (χ4v) is 2.17. The molecule has 1 aromatic carbocycles. The largest absolute Gasteiger partial charge is 0.493 e. The molecule has 0 aliphatic heterocycles. The SMILES string of the molecule is CC(C)S(=O)(=O)CCOc1ccc([C@@H](C)N)cc1. The maximum atomic E-state index is 11.6. The van der Waals surface area contributed by atoms with Gasteiger partial charge in [-0.25, -0.2) is 8.42 Å². The maximum Gasteiger partial charge on any atom is 0.155 e. The molecule has 0 aromatic heterocycles. The fourth-order valence-electron chi connectivity index (χ4n) is 1.38. The third-order valence-corrected chi connectivity index (χ3v) is 4.93. The van der Waals surface area contributed by atoms with Crippen molar-refractivity contribution in [2.75, 3.05) is 12.4 Å². The number of benzene rings is 1. The van der Waals surface area contributed by atoms with Gasteiger partial charge in [-0.05, 0) is 38.5 Å². The molecule has 0 aliphatic carbocycles. The van der Waals surface area contributed by atoms with E-state index < -0.39 is 9.84 Å². The van der Waals surface area contributed by atoms with Crippen molar-refractivity contribution in [3.8, 4) is 5.75 Å². The van der Waals surface area contributed by atoms with Gasteiger partial charge >= 0.3 is 0 Å². The minimum absolute atomic E-state index is 0.0135. The fraction of sp³-hybridized carbons (Fsp3) is 0.538. The molecule has 102 valence electrons. The third-order valence-electron chi connectivity index (χ3n) is 2.76. The van der Waals surface area contributed by atoms with Crippen LogP contribution in [0.25, 0.3) is 0 Å². The van der Waals surface area contributed by atoms with Crippen LogP contribution in [0.3, 0.4) is 0 Å². The molecule has 0 unspecified atom stereocenters. The highest BCUT2D eigenvalue weighted by molar-refractivity contribution is 7.91. The van der Waals surface area contributed by atoms with Gasteiger partial charge in [0.25, 0.3) is 0 Å². The van der Waals surface area contributed by atoms with Crippen molar-refractivity contribution in [3.63, 3.8) is 0 Å². The molecule has 0 heterocycles. The van der Waals surface area contributed by atoms with E-state index in [1.807, 2.05) is 19.1 Å². The van der Waals surface area contributed by atoms with Crippen LogP contribution in [0.15, 0.2) is 24.3 Å². The topological polar surface area (TPSA) is 69.4 Å². The Labute approximate surface area is 109 Å². The van der Waals surface area contributed by atoms with E-state index >= 15 is 0 Å². The molecule has 2 N–H and O–H groups in total. The average Bonchev–Trinajstić information content (AvgIpc) is 2.29. The number of ether oxygens (including phenoxy) is 1. The molecule has 0 amide bonds. The molecule has 0 saturated heterocycles. The molecule has 0 spiro atoms. The highest BCUT2D eigenvalue weighted by Crippen LogP contribution is 2.16. The van der Waals surface area contributed by atoms with Crippen molar-refractivity contribution in [2.24, 2.45) is 5.73 Å². The predicted molar refractivity (Wildman–Crippen MR) is 73.5 cm³/mol. The van der Waals surface area contributed by atoms with Crippen LogP contribution in [0.4, 0.5) is 0 Å². The number of nitrogens with two attached hydrogens (primary N) is 1. The zero-order valence-corrected chi connectivity index (χ0v) is 11.9. The second-order valence-corrected chi connectivity index (χ2v) is 7.30. The van der Waals surface area contributed by atoms with Crippen molar-refractivity contribution in [2.45, 2.75) is 32.1 Å². The van der Waals surface area contributed by atoms with Crippen LogP contribution in [-0.2, 0) is 9.84 Å². The normalized spacial score (nSPS) is 13.6. The summed E-state index contributed by atoms with van der Waals surface area (Å²) < 4.78 is 28.5. The van der Waals surface area contributed by atoms with Crippen molar-refractivity contribution < 1.29 is 13.2 Å². The lowest BCUT2D eigenvalue weighted by Gasteiger charge is -2.10. The number of hydrogen-bond donors (Lipinski definition) is 1. The molecule has 0 aliphatic rings. The van der Waals surface area contributed by atoms with E-state index in [9.17, 15) is 8.42 Å². The zero-order valence-electron chi connectivity index (χ0n) is 11.1. The van der Waals surface area contributed by atoms with Gasteiger partial charge in [0.15, 0.2) is 9.84 Å². The molecule has 1 atom stereocenters. The molecule has 0 bridgehead atoms. The van der Waals surface area contributed by atoms with E-state index in [-0.39, 0.29) is 23.7 Å². The third kappa shape index (κ3) is 4.31. The van der Waals surface area contributed by atoms with Gasteiger partial charge in [-0.1, -0.05) is 12.1 Å². The molecule has 0 saturated carbocycles. The van der Waals surface area contributed by atoms with E-state index in [0.717, 1.165) is 5.56 Å². The summed E-state index contributed by atoms with van der Waals surface area (Å²) in [7, 11) is -3.03. The second-order valence-electron chi connectivity index (χ2n) is 4.62. The van der Waals surface area contributed by atoms with Crippen LogP contribution in [-0.4, -0.2) is 26.0 Å². The lowest BCUT2D eigenvalue weighted by molar-refractivity contribution is 0.340. The molecule has 4 nitrogen and oxygen atoms in total. The van der Waals surface area contributed by atoms with Crippen LogP contribution in [0.5, 0.6) is 5.75 Å². The van der Waals surface area contributed by atoms with Crippen LogP contribution in [0.1, 0.15) is 32.4 Å². The highest BCUT2D eigenvalue weighted by atomic mass is 32.2. The Balaban J connectivity index is 2.50. The van der Waals surface area contributed by atoms with Gasteiger partial charge < -0.3 is 10.5 Å². The Kier molecular flexibility index (Phi) is 5.16.